The van der Waals surface area contributed by atoms with Crippen LogP contribution in [0.1, 0.15) is 39.0 Å². The standard InChI is InChI=1S/C14H26N2O2/c1-3-14(13(17)18)7-10-16(11-14)12-5-4-8-15(2)9-6-12/h12H,3-11H2,1-2H3,(H,17,18). The van der Waals surface area contributed by atoms with Crippen molar-refractivity contribution in [2.45, 2.75) is 45.1 Å². The molecule has 0 aromatic heterocycles. The average molecular weight is 254 g/mol. The second kappa shape index (κ2) is 5.57. The summed E-state index contributed by atoms with van der Waals surface area (Å²) in [6.07, 6.45) is 5.24. The smallest absolute Gasteiger partial charge is 0.310 e. The molecule has 0 radical (unpaired) electrons. The molecule has 0 aromatic carbocycles. The lowest BCUT2D eigenvalue weighted by atomic mass is 9.84. The Kier molecular flexibility index (Phi) is 4.28. The van der Waals surface area contributed by atoms with Crippen molar-refractivity contribution >= 4 is 5.97 Å². The number of carboxylic acid groups (broad SMARTS) is 1. The Balaban J connectivity index is 1.97. The topological polar surface area (TPSA) is 43.8 Å². The third-order valence-electron chi connectivity index (χ3n) is 4.95. The van der Waals surface area contributed by atoms with Gasteiger partial charge in [0, 0.05) is 12.6 Å². The number of hydrogen-bond acceptors (Lipinski definition) is 3. The lowest BCUT2D eigenvalue weighted by Crippen LogP contribution is -2.39. The van der Waals surface area contributed by atoms with Crippen molar-refractivity contribution in [2.24, 2.45) is 5.41 Å². The fourth-order valence-corrected chi connectivity index (χ4v) is 3.42. The van der Waals surface area contributed by atoms with Crippen LogP contribution in [-0.4, -0.2) is 60.1 Å². The highest BCUT2D eigenvalue weighted by Gasteiger charge is 2.44. The zero-order valence-corrected chi connectivity index (χ0v) is 11.7. The third-order valence-corrected chi connectivity index (χ3v) is 4.95. The van der Waals surface area contributed by atoms with Gasteiger partial charge in [-0.3, -0.25) is 9.69 Å². The van der Waals surface area contributed by atoms with Gasteiger partial charge in [-0.1, -0.05) is 6.92 Å². The highest BCUT2D eigenvalue weighted by Crippen LogP contribution is 2.36. The van der Waals surface area contributed by atoms with E-state index in [9.17, 15) is 9.90 Å². The average Bonchev–Trinajstić information content (AvgIpc) is 2.68. The minimum Gasteiger partial charge on any atom is -0.481 e. The summed E-state index contributed by atoms with van der Waals surface area (Å²) in [7, 11) is 2.18. The van der Waals surface area contributed by atoms with Crippen LogP contribution in [-0.2, 0) is 4.79 Å². The van der Waals surface area contributed by atoms with E-state index < -0.39 is 11.4 Å². The molecule has 2 unspecified atom stereocenters. The summed E-state index contributed by atoms with van der Waals surface area (Å²) in [6.45, 7) is 6.07. The SMILES string of the molecule is CCC1(C(=O)O)CCN(C2CCCN(C)CC2)C1. The first-order chi connectivity index (χ1) is 8.57. The minimum absolute atomic E-state index is 0.474. The second-order valence-corrected chi connectivity index (χ2v) is 6.05. The summed E-state index contributed by atoms with van der Waals surface area (Å²) in [5.41, 5.74) is -0.474. The van der Waals surface area contributed by atoms with Gasteiger partial charge < -0.3 is 10.0 Å². The molecule has 0 bridgehead atoms. The maximum absolute atomic E-state index is 11.5. The molecule has 2 saturated heterocycles. The molecular weight excluding hydrogens is 228 g/mol. The van der Waals surface area contributed by atoms with E-state index in [2.05, 4.69) is 16.8 Å². The molecule has 2 aliphatic heterocycles. The van der Waals surface area contributed by atoms with Gasteiger partial charge in [0.1, 0.15) is 0 Å². The Morgan fingerprint density at radius 1 is 1.33 bits per heavy atom. The monoisotopic (exact) mass is 254 g/mol. The van der Waals surface area contributed by atoms with Crippen LogP contribution in [0.2, 0.25) is 0 Å². The number of nitrogens with zero attached hydrogens (tertiary/aromatic N) is 2. The zero-order valence-electron chi connectivity index (χ0n) is 11.7. The zero-order chi connectivity index (χ0) is 13.2. The number of carbonyl (C=O) groups is 1. The highest BCUT2D eigenvalue weighted by molar-refractivity contribution is 5.75. The summed E-state index contributed by atoms with van der Waals surface area (Å²) in [5.74, 6) is -0.599. The minimum atomic E-state index is -0.599. The van der Waals surface area contributed by atoms with E-state index in [1.807, 2.05) is 6.92 Å². The van der Waals surface area contributed by atoms with Crippen LogP contribution in [0.4, 0.5) is 0 Å². The fraction of sp³-hybridized carbons (Fsp3) is 0.929. The van der Waals surface area contributed by atoms with Gasteiger partial charge in [0.2, 0.25) is 0 Å². The molecule has 2 aliphatic rings. The quantitative estimate of drug-likeness (QED) is 0.832. The van der Waals surface area contributed by atoms with E-state index in [1.165, 1.54) is 25.8 Å². The van der Waals surface area contributed by atoms with Crippen LogP contribution in [0.25, 0.3) is 0 Å². The molecule has 2 fully saturated rings. The molecule has 2 atom stereocenters. The van der Waals surface area contributed by atoms with Gasteiger partial charge in [-0.2, -0.15) is 0 Å². The Morgan fingerprint density at radius 3 is 2.72 bits per heavy atom. The number of carboxylic acids is 1. The van der Waals surface area contributed by atoms with E-state index in [-0.39, 0.29) is 0 Å². The lowest BCUT2D eigenvalue weighted by Gasteiger charge is -2.29. The Labute approximate surface area is 110 Å². The maximum atomic E-state index is 11.5. The highest BCUT2D eigenvalue weighted by atomic mass is 16.4. The third kappa shape index (κ3) is 2.69. The summed E-state index contributed by atoms with van der Waals surface area (Å²) >= 11 is 0. The van der Waals surface area contributed by atoms with Crippen molar-refractivity contribution < 1.29 is 9.90 Å². The Morgan fingerprint density at radius 2 is 2.11 bits per heavy atom. The van der Waals surface area contributed by atoms with Gasteiger partial charge in [-0.15, -0.1) is 0 Å². The van der Waals surface area contributed by atoms with Gasteiger partial charge in [-0.05, 0) is 58.8 Å². The first-order valence-electron chi connectivity index (χ1n) is 7.23. The van der Waals surface area contributed by atoms with Crippen LogP contribution >= 0.6 is 0 Å². The molecule has 0 amide bonds. The number of hydrogen-bond donors (Lipinski definition) is 1. The van der Waals surface area contributed by atoms with Gasteiger partial charge in [-0.25, -0.2) is 0 Å². The van der Waals surface area contributed by atoms with Crippen molar-refractivity contribution in [1.29, 1.82) is 0 Å². The van der Waals surface area contributed by atoms with E-state index in [4.69, 9.17) is 0 Å². The van der Waals surface area contributed by atoms with Gasteiger partial charge >= 0.3 is 5.97 Å². The molecule has 18 heavy (non-hydrogen) atoms. The van der Waals surface area contributed by atoms with E-state index >= 15 is 0 Å². The largest absolute Gasteiger partial charge is 0.481 e. The first kappa shape index (κ1) is 13.8. The fourth-order valence-electron chi connectivity index (χ4n) is 3.42. The molecule has 0 aromatic rings. The van der Waals surface area contributed by atoms with Gasteiger partial charge in [0.15, 0.2) is 0 Å². The predicted molar refractivity (Wildman–Crippen MR) is 71.7 cm³/mol. The van der Waals surface area contributed by atoms with Crippen molar-refractivity contribution in [3.05, 3.63) is 0 Å². The lowest BCUT2D eigenvalue weighted by molar-refractivity contribution is -0.148. The van der Waals surface area contributed by atoms with Crippen molar-refractivity contribution in [1.82, 2.24) is 9.80 Å². The van der Waals surface area contributed by atoms with Crippen molar-refractivity contribution in [3.63, 3.8) is 0 Å². The first-order valence-corrected chi connectivity index (χ1v) is 7.23. The number of aliphatic carboxylic acids is 1. The second-order valence-electron chi connectivity index (χ2n) is 6.05. The molecule has 4 heteroatoms. The molecule has 2 heterocycles. The summed E-state index contributed by atoms with van der Waals surface area (Å²) < 4.78 is 0. The van der Waals surface area contributed by atoms with Crippen LogP contribution in [0.5, 0.6) is 0 Å². The normalized spacial score (nSPS) is 35.6. The predicted octanol–water partition coefficient (Wildman–Crippen LogP) is 1.66. The molecule has 1 N–H and O–H groups in total. The number of likely N-dealkylation sites (tertiary alicyclic amines) is 2. The van der Waals surface area contributed by atoms with E-state index in [0.29, 0.717) is 6.04 Å². The van der Waals surface area contributed by atoms with E-state index in [0.717, 1.165) is 32.5 Å². The number of rotatable bonds is 3. The molecule has 104 valence electrons. The van der Waals surface area contributed by atoms with Gasteiger partial charge in [0.05, 0.1) is 5.41 Å². The van der Waals surface area contributed by atoms with Crippen molar-refractivity contribution in [3.8, 4) is 0 Å². The molecule has 0 saturated carbocycles. The van der Waals surface area contributed by atoms with E-state index in [1.54, 1.807) is 0 Å². The summed E-state index contributed by atoms with van der Waals surface area (Å²) in [5, 5.41) is 9.44. The molecule has 4 nitrogen and oxygen atoms in total. The van der Waals surface area contributed by atoms with Crippen LogP contribution in [0.3, 0.4) is 0 Å². The molecule has 2 rings (SSSR count). The Bertz CT molecular complexity index is 308. The van der Waals surface area contributed by atoms with Crippen LogP contribution in [0, 0.1) is 5.41 Å². The van der Waals surface area contributed by atoms with Gasteiger partial charge in [0.25, 0.3) is 0 Å². The summed E-state index contributed by atoms with van der Waals surface area (Å²) in [6, 6.07) is 0.600. The van der Waals surface area contributed by atoms with Crippen LogP contribution in [0.15, 0.2) is 0 Å². The van der Waals surface area contributed by atoms with Crippen LogP contribution < -0.4 is 0 Å². The maximum Gasteiger partial charge on any atom is 0.310 e. The molecule has 0 spiro atoms. The Hall–Kier alpha value is -0.610. The summed E-state index contributed by atoms with van der Waals surface area (Å²) in [4.78, 5) is 16.3. The molecule has 0 aliphatic carbocycles. The van der Waals surface area contributed by atoms with Crippen molar-refractivity contribution in [2.75, 3.05) is 33.2 Å². The molecular formula is C14H26N2O2.